The van der Waals surface area contributed by atoms with Crippen LogP contribution in [0.1, 0.15) is 25.8 Å². The fourth-order valence-corrected chi connectivity index (χ4v) is 2.53. The van der Waals surface area contributed by atoms with E-state index in [-0.39, 0.29) is 18.0 Å². The van der Waals surface area contributed by atoms with Crippen molar-refractivity contribution in [1.82, 2.24) is 15.1 Å². The Labute approximate surface area is 125 Å². The highest BCUT2D eigenvalue weighted by atomic mass is 16.2. The minimum atomic E-state index is -0.373. The molecular formula is C16H23N3O2. The van der Waals surface area contributed by atoms with Gasteiger partial charge in [0.1, 0.15) is 6.04 Å². The maximum Gasteiger partial charge on any atom is 0.325 e. The number of amides is 3. The van der Waals surface area contributed by atoms with E-state index in [1.807, 2.05) is 56.1 Å². The quantitative estimate of drug-likeness (QED) is 0.815. The molecule has 3 amide bonds. The number of nitrogens with one attached hydrogen (secondary N) is 1. The molecule has 2 rings (SSSR count). The highest BCUT2D eigenvalue weighted by Gasteiger charge is 2.38. The van der Waals surface area contributed by atoms with Crippen LogP contribution < -0.4 is 5.32 Å². The second-order valence-electron chi connectivity index (χ2n) is 6.04. The SMILES string of the molecule is CC(C)C[C@H]1NC(=O)N(CN(C)Cc2ccccc2)C1=O. The first-order chi connectivity index (χ1) is 9.97. The lowest BCUT2D eigenvalue weighted by atomic mass is 10.0. The lowest BCUT2D eigenvalue weighted by molar-refractivity contribution is -0.129. The van der Waals surface area contributed by atoms with Gasteiger partial charge in [-0.25, -0.2) is 9.69 Å². The van der Waals surface area contributed by atoms with Gasteiger partial charge in [-0.3, -0.25) is 9.69 Å². The first kappa shape index (κ1) is 15.5. The Morgan fingerprint density at radius 1 is 1.24 bits per heavy atom. The molecule has 0 spiro atoms. The summed E-state index contributed by atoms with van der Waals surface area (Å²) in [5.41, 5.74) is 1.16. The van der Waals surface area contributed by atoms with Crippen molar-refractivity contribution in [3.8, 4) is 0 Å². The number of nitrogens with zero attached hydrogens (tertiary/aromatic N) is 2. The van der Waals surface area contributed by atoms with Crippen molar-refractivity contribution in [3.05, 3.63) is 35.9 Å². The van der Waals surface area contributed by atoms with E-state index < -0.39 is 0 Å². The first-order valence-corrected chi connectivity index (χ1v) is 7.31. The van der Waals surface area contributed by atoms with Gasteiger partial charge < -0.3 is 5.32 Å². The van der Waals surface area contributed by atoms with Crippen LogP contribution in [0.5, 0.6) is 0 Å². The average Bonchev–Trinajstić information content (AvgIpc) is 2.67. The molecule has 0 bridgehead atoms. The average molecular weight is 289 g/mol. The lowest BCUT2D eigenvalue weighted by Crippen LogP contribution is -2.40. The maximum absolute atomic E-state index is 12.3. The van der Waals surface area contributed by atoms with Gasteiger partial charge in [0, 0.05) is 6.54 Å². The van der Waals surface area contributed by atoms with Crippen LogP contribution in [0.25, 0.3) is 0 Å². The van der Waals surface area contributed by atoms with E-state index in [0.29, 0.717) is 25.6 Å². The fraction of sp³-hybridized carbons (Fsp3) is 0.500. The molecule has 0 saturated carbocycles. The molecule has 1 aliphatic rings. The molecule has 0 aliphatic carbocycles. The van der Waals surface area contributed by atoms with Gasteiger partial charge in [-0.05, 0) is 24.9 Å². The number of benzene rings is 1. The Hall–Kier alpha value is -1.88. The number of hydrogen-bond donors (Lipinski definition) is 1. The molecule has 1 fully saturated rings. The molecule has 1 aliphatic heterocycles. The third kappa shape index (κ3) is 4.04. The Morgan fingerprint density at radius 2 is 1.90 bits per heavy atom. The number of hydrogen-bond acceptors (Lipinski definition) is 3. The van der Waals surface area contributed by atoms with Gasteiger partial charge in [-0.2, -0.15) is 0 Å². The minimum Gasteiger partial charge on any atom is -0.326 e. The fourth-order valence-electron chi connectivity index (χ4n) is 2.53. The molecule has 5 heteroatoms. The third-order valence-corrected chi connectivity index (χ3v) is 3.49. The van der Waals surface area contributed by atoms with Crippen LogP contribution in [0.15, 0.2) is 30.3 Å². The van der Waals surface area contributed by atoms with Crippen molar-refractivity contribution in [2.24, 2.45) is 5.92 Å². The normalized spacial score (nSPS) is 18.7. The van der Waals surface area contributed by atoms with Crippen molar-refractivity contribution in [2.45, 2.75) is 32.9 Å². The lowest BCUT2D eigenvalue weighted by Gasteiger charge is -2.22. The molecule has 1 saturated heterocycles. The van der Waals surface area contributed by atoms with Gasteiger partial charge in [0.15, 0.2) is 0 Å². The highest BCUT2D eigenvalue weighted by molar-refractivity contribution is 6.04. The summed E-state index contributed by atoms with van der Waals surface area (Å²) in [4.78, 5) is 27.5. The summed E-state index contributed by atoms with van der Waals surface area (Å²) in [5.74, 6) is 0.259. The van der Waals surface area contributed by atoms with E-state index in [1.54, 1.807) is 0 Å². The molecule has 0 aromatic heterocycles. The Kier molecular flexibility index (Phi) is 4.96. The topological polar surface area (TPSA) is 52.7 Å². The zero-order valence-electron chi connectivity index (χ0n) is 12.9. The Balaban J connectivity index is 1.93. The van der Waals surface area contributed by atoms with Crippen LogP contribution in [0.3, 0.4) is 0 Å². The summed E-state index contributed by atoms with van der Waals surface area (Å²) < 4.78 is 0. The van der Waals surface area contributed by atoms with E-state index in [2.05, 4.69) is 5.32 Å². The molecule has 5 nitrogen and oxygen atoms in total. The Bertz CT molecular complexity index is 502. The summed E-state index contributed by atoms with van der Waals surface area (Å²) in [6.07, 6.45) is 0.684. The minimum absolute atomic E-state index is 0.117. The van der Waals surface area contributed by atoms with Crippen molar-refractivity contribution in [2.75, 3.05) is 13.7 Å². The number of carbonyl (C=O) groups excluding carboxylic acids is 2. The van der Waals surface area contributed by atoms with E-state index in [9.17, 15) is 9.59 Å². The largest absolute Gasteiger partial charge is 0.326 e. The van der Waals surface area contributed by atoms with Crippen molar-refractivity contribution in [1.29, 1.82) is 0 Å². The van der Waals surface area contributed by atoms with Crippen LogP contribution in [-0.2, 0) is 11.3 Å². The summed E-state index contributed by atoms with van der Waals surface area (Å²) in [7, 11) is 1.91. The van der Waals surface area contributed by atoms with E-state index in [4.69, 9.17) is 0 Å². The van der Waals surface area contributed by atoms with Crippen LogP contribution in [0.4, 0.5) is 4.79 Å². The van der Waals surface area contributed by atoms with E-state index in [0.717, 1.165) is 5.56 Å². The molecule has 1 heterocycles. The summed E-state index contributed by atoms with van der Waals surface area (Å²) in [6, 6.07) is 9.34. The number of urea groups is 1. The molecule has 114 valence electrons. The van der Waals surface area contributed by atoms with Gasteiger partial charge >= 0.3 is 6.03 Å². The van der Waals surface area contributed by atoms with Crippen LogP contribution in [-0.4, -0.2) is 41.5 Å². The predicted molar refractivity (Wildman–Crippen MR) is 81.4 cm³/mol. The monoisotopic (exact) mass is 289 g/mol. The number of carbonyl (C=O) groups is 2. The van der Waals surface area contributed by atoms with Crippen LogP contribution >= 0.6 is 0 Å². The van der Waals surface area contributed by atoms with Gasteiger partial charge in [0.05, 0.1) is 6.67 Å². The number of rotatable bonds is 6. The van der Waals surface area contributed by atoms with E-state index in [1.165, 1.54) is 4.90 Å². The van der Waals surface area contributed by atoms with Gasteiger partial charge in [-0.15, -0.1) is 0 Å². The second-order valence-corrected chi connectivity index (χ2v) is 6.04. The Morgan fingerprint density at radius 3 is 2.52 bits per heavy atom. The smallest absolute Gasteiger partial charge is 0.325 e. The molecule has 21 heavy (non-hydrogen) atoms. The molecule has 1 N–H and O–H groups in total. The summed E-state index contributed by atoms with van der Waals surface area (Å²) >= 11 is 0. The molecule has 0 unspecified atom stereocenters. The zero-order chi connectivity index (χ0) is 15.4. The van der Waals surface area contributed by atoms with Crippen molar-refractivity contribution < 1.29 is 9.59 Å². The standard InChI is InChI=1S/C16H23N3O2/c1-12(2)9-14-15(20)19(16(21)17-14)11-18(3)10-13-7-5-4-6-8-13/h4-8,12,14H,9-11H2,1-3H3,(H,17,21)/t14-/m1/s1. The van der Waals surface area contributed by atoms with Gasteiger partial charge in [-0.1, -0.05) is 44.2 Å². The highest BCUT2D eigenvalue weighted by Crippen LogP contribution is 2.15. The second kappa shape index (κ2) is 6.72. The molecule has 0 radical (unpaired) electrons. The van der Waals surface area contributed by atoms with Crippen LogP contribution in [0.2, 0.25) is 0 Å². The van der Waals surface area contributed by atoms with E-state index >= 15 is 0 Å². The van der Waals surface area contributed by atoms with Crippen LogP contribution in [0, 0.1) is 5.92 Å². The maximum atomic E-state index is 12.3. The van der Waals surface area contributed by atoms with Gasteiger partial charge in [0.2, 0.25) is 0 Å². The zero-order valence-corrected chi connectivity index (χ0v) is 12.9. The summed E-state index contributed by atoms with van der Waals surface area (Å²) in [6.45, 7) is 5.11. The summed E-state index contributed by atoms with van der Waals surface area (Å²) in [5, 5.41) is 2.77. The van der Waals surface area contributed by atoms with Crippen molar-refractivity contribution >= 4 is 11.9 Å². The first-order valence-electron chi connectivity index (χ1n) is 7.31. The molecule has 1 atom stereocenters. The molecule has 1 aromatic carbocycles. The molecule has 1 aromatic rings. The third-order valence-electron chi connectivity index (χ3n) is 3.49. The number of imide groups is 1. The predicted octanol–water partition coefficient (Wildman–Crippen LogP) is 2.04. The van der Waals surface area contributed by atoms with Crippen molar-refractivity contribution in [3.63, 3.8) is 0 Å². The van der Waals surface area contributed by atoms with Gasteiger partial charge in [0.25, 0.3) is 5.91 Å². The molecular weight excluding hydrogens is 266 g/mol.